The fourth-order valence-corrected chi connectivity index (χ4v) is 2.34. The Bertz CT molecular complexity index is 773. The zero-order valence-corrected chi connectivity index (χ0v) is 11.4. The normalized spacial score (nSPS) is 10.5. The summed E-state index contributed by atoms with van der Waals surface area (Å²) in [5, 5.41) is 14.4. The summed E-state index contributed by atoms with van der Waals surface area (Å²) in [7, 11) is 0. The Morgan fingerprint density at radius 1 is 0.905 bits per heavy atom. The average molecular weight is 277 g/mol. The van der Waals surface area contributed by atoms with Gasteiger partial charge >= 0.3 is 0 Å². The van der Waals surface area contributed by atoms with E-state index in [-0.39, 0.29) is 11.7 Å². The molecule has 3 aromatic rings. The van der Waals surface area contributed by atoms with Gasteiger partial charge in [-0.05, 0) is 40.6 Å². The highest BCUT2D eigenvalue weighted by atomic mass is 16.3. The standard InChI is InChI=1S/C18H15NO2/c20-16-10-8-14(9-11-16)18(21)19-12-15-6-3-5-13-4-1-2-7-17(13)15/h1-11,20H,12H2,(H,19,21). The van der Waals surface area contributed by atoms with E-state index in [1.165, 1.54) is 12.1 Å². The minimum absolute atomic E-state index is 0.150. The smallest absolute Gasteiger partial charge is 0.251 e. The first-order valence-electron chi connectivity index (χ1n) is 6.78. The van der Waals surface area contributed by atoms with Crippen LogP contribution < -0.4 is 5.32 Å². The molecule has 0 radical (unpaired) electrons. The second-order valence-electron chi connectivity index (χ2n) is 4.87. The summed E-state index contributed by atoms with van der Waals surface area (Å²) < 4.78 is 0. The molecule has 2 N–H and O–H groups in total. The highest BCUT2D eigenvalue weighted by Gasteiger charge is 2.06. The number of phenols is 1. The van der Waals surface area contributed by atoms with Crippen molar-refractivity contribution in [2.75, 3.05) is 0 Å². The maximum Gasteiger partial charge on any atom is 0.251 e. The van der Waals surface area contributed by atoms with E-state index in [2.05, 4.69) is 23.5 Å². The minimum Gasteiger partial charge on any atom is -0.508 e. The molecule has 21 heavy (non-hydrogen) atoms. The number of phenolic OH excluding ortho intramolecular Hbond substituents is 1. The molecular weight excluding hydrogens is 262 g/mol. The summed E-state index contributed by atoms with van der Waals surface area (Å²) in [4.78, 5) is 12.1. The third kappa shape index (κ3) is 2.87. The van der Waals surface area contributed by atoms with Crippen LogP contribution in [0.1, 0.15) is 15.9 Å². The number of benzene rings is 3. The Kier molecular flexibility index (Phi) is 3.56. The Labute approximate surface area is 122 Å². The Morgan fingerprint density at radius 3 is 2.43 bits per heavy atom. The summed E-state index contributed by atoms with van der Waals surface area (Å²) in [5.41, 5.74) is 1.62. The maximum absolute atomic E-state index is 12.1. The number of rotatable bonds is 3. The van der Waals surface area contributed by atoms with Crippen LogP contribution in [0.5, 0.6) is 5.75 Å². The van der Waals surface area contributed by atoms with Gasteiger partial charge in [-0.15, -0.1) is 0 Å². The van der Waals surface area contributed by atoms with Gasteiger partial charge in [-0.1, -0.05) is 42.5 Å². The first-order valence-corrected chi connectivity index (χ1v) is 6.78. The van der Waals surface area contributed by atoms with Gasteiger partial charge in [-0.25, -0.2) is 0 Å². The first-order chi connectivity index (χ1) is 10.2. The van der Waals surface area contributed by atoms with Crippen LogP contribution in [0.4, 0.5) is 0 Å². The molecule has 0 spiro atoms. The summed E-state index contributed by atoms with van der Waals surface area (Å²) >= 11 is 0. The van der Waals surface area contributed by atoms with Gasteiger partial charge in [0.25, 0.3) is 5.91 Å². The lowest BCUT2D eigenvalue weighted by molar-refractivity contribution is 0.0951. The summed E-state index contributed by atoms with van der Waals surface area (Å²) in [6, 6.07) is 20.4. The van der Waals surface area contributed by atoms with E-state index in [9.17, 15) is 9.90 Å². The van der Waals surface area contributed by atoms with E-state index in [1.807, 2.05) is 24.3 Å². The number of carbonyl (C=O) groups excluding carboxylic acids is 1. The molecule has 0 heterocycles. The molecule has 0 bridgehead atoms. The van der Waals surface area contributed by atoms with Crippen LogP contribution >= 0.6 is 0 Å². The number of hydrogen-bond acceptors (Lipinski definition) is 2. The van der Waals surface area contributed by atoms with E-state index >= 15 is 0 Å². The molecule has 3 aromatic carbocycles. The van der Waals surface area contributed by atoms with E-state index in [1.54, 1.807) is 12.1 Å². The SMILES string of the molecule is O=C(NCc1cccc2ccccc12)c1ccc(O)cc1. The molecule has 3 rings (SSSR count). The molecule has 0 aromatic heterocycles. The summed E-state index contributed by atoms with van der Waals surface area (Å²) in [5.74, 6) is 0.00328. The Balaban J connectivity index is 1.77. The highest BCUT2D eigenvalue weighted by molar-refractivity contribution is 5.94. The van der Waals surface area contributed by atoms with Gasteiger partial charge in [0.15, 0.2) is 0 Å². The van der Waals surface area contributed by atoms with E-state index in [0.717, 1.165) is 16.3 Å². The Hall–Kier alpha value is -2.81. The van der Waals surface area contributed by atoms with Crippen molar-refractivity contribution in [2.24, 2.45) is 0 Å². The van der Waals surface area contributed by atoms with Crippen LogP contribution in [0.15, 0.2) is 66.7 Å². The predicted octanol–water partition coefficient (Wildman–Crippen LogP) is 3.48. The first kappa shape index (κ1) is 13.2. The van der Waals surface area contributed by atoms with Crippen molar-refractivity contribution < 1.29 is 9.90 Å². The van der Waals surface area contributed by atoms with Gasteiger partial charge in [0.2, 0.25) is 0 Å². The lowest BCUT2D eigenvalue weighted by atomic mass is 10.0. The van der Waals surface area contributed by atoms with Crippen molar-refractivity contribution >= 4 is 16.7 Å². The van der Waals surface area contributed by atoms with Gasteiger partial charge in [-0.3, -0.25) is 4.79 Å². The molecule has 0 unspecified atom stereocenters. The van der Waals surface area contributed by atoms with Crippen molar-refractivity contribution in [2.45, 2.75) is 6.54 Å². The lowest BCUT2D eigenvalue weighted by Crippen LogP contribution is -2.22. The Morgan fingerprint density at radius 2 is 1.62 bits per heavy atom. The zero-order chi connectivity index (χ0) is 14.7. The maximum atomic E-state index is 12.1. The number of fused-ring (bicyclic) bond motifs is 1. The third-order valence-electron chi connectivity index (χ3n) is 3.45. The second kappa shape index (κ2) is 5.67. The van der Waals surface area contributed by atoms with Crippen molar-refractivity contribution in [3.05, 3.63) is 77.9 Å². The monoisotopic (exact) mass is 277 g/mol. The van der Waals surface area contributed by atoms with Crippen molar-refractivity contribution in [1.82, 2.24) is 5.32 Å². The molecule has 3 heteroatoms. The molecule has 104 valence electrons. The molecule has 0 aliphatic heterocycles. The van der Waals surface area contributed by atoms with Gasteiger partial charge in [0.05, 0.1) is 0 Å². The number of aromatic hydroxyl groups is 1. The van der Waals surface area contributed by atoms with Gasteiger partial charge < -0.3 is 10.4 Å². The van der Waals surface area contributed by atoms with E-state index in [0.29, 0.717) is 12.1 Å². The van der Waals surface area contributed by atoms with Gasteiger partial charge in [0, 0.05) is 12.1 Å². The van der Waals surface area contributed by atoms with Crippen LogP contribution in [-0.2, 0) is 6.54 Å². The molecule has 0 atom stereocenters. The fourth-order valence-electron chi connectivity index (χ4n) is 2.34. The van der Waals surface area contributed by atoms with Gasteiger partial charge in [-0.2, -0.15) is 0 Å². The van der Waals surface area contributed by atoms with Crippen molar-refractivity contribution in [1.29, 1.82) is 0 Å². The molecular formula is C18H15NO2. The van der Waals surface area contributed by atoms with Crippen LogP contribution in [0.25, 0.3) is 10.8 Å². The quantitative estimate of drug-likeness (QED) is 0.770. The van der Waals surface area contributed by atoms with Crippen LogP contribution in [0, 0.1) is 0 Å². The number of nitrogens with one attached hydrogen (secondary N) is 1. The molecule has 1 amide bonds. The third-order valence-corrected chi connectivity index (χ3v) is 3.45. The summed E-state index contributed by atoms with van der Waals surface area (Å²) in [6.45, 7) is 0.473. The molecule has 0 saturated heterocycles. The van der Waals surface area contributed by atoms with Crippen LogP contribution in [-0.4, -0.2) is 11.0 Å². The summed E-state index contributed by atoms with van der Waals surface area (Å²) in [6.07, 6.45) is 0. The average Bonchev–Trinajstić information content (AvgIpc) is 2.53. The van der Waals surface area contributed by atoms with E-state index < -0.39 is 0 Å². The molecule has 3 nitrogen and oxygen atoms in total. The topological polar surface area (TPSA) is 49.3 Å². The number of amides is 1. The zero-order valence-electron chi connectivity index (χ0n) is 11.4. The van der Waals surface area contributed by atoms with Crippen LogP contribution in [0.3, 0.4) is 0 Å². The molecule has 0 fully saturated rings. The molecule has 0 saturated carbocycles. The lowest BCUT2D eigenvalue weighted by Gasteiger charge is -2.08. The second-order valence-corrected chi connectivity index (χ2v) is 4.87. The molecule has 0 aliphatic rings. The number of carbonyl (C=O) groups is 1. The van der Waals surface area contributed by atoms with Crippen molar-refractivity contribution in [3.8, 4) is 5.75 Å². The fraction of sp³-hybridized carbons (Fsp3) is 0.0556. The minimum atomic E-state index is -0.150. The highest BCUT2D eigenvalue weighted by Crippen LogP contribution is 2.18. The van der Waals surface area contributed by atoms with Crippen LogP contribution in [0.2, 0.25) is 0 Å². The predicted molar refractivity (Wildman–Crippen MR) is 83.2 cm³/mol. The van der Waals surface area contributed by atoms with E-state index in [4.69, 9.17) is 0 Å². The van der Waals surface area contributed by atoms with Gasteiger partial charge in [0.1, 0.15) is 5.75 Å². The largest absolute Gasteiger partial charge is 0.508 e. The number of hydrogen-bond donors (Lipinski definition) is 2. The van der Waals surface area contributed by atoms with Crippen molar-refractivity contribution in [3.63, 3.8) is 0 Å². The molecule has 0 aliphatic carbocycles.